The van der Waals surface area contributed by atoms with Crippen molar-refractivity contribution in [3.8, 4) is 0 Å². The summed E-state index contributed by atoms with van der Waals surface area (Å²) in [4.78, 5) is 24.5. The van der Waals surface area contributed by atoms with Crippen molar-refractivity contribution < 1.29 is 26.8 Å². The number of sulfonamides is 1. The normalized spacial score (nSPS) is 15.4. The molecule has 0 radical (unpaired) electrons. The second-order valence-electron chi connectivity index (χ2n) is 6.66. The van der Waals surface area contributed by atoms with Crippen molar-refractivity contribution >= 4 is 32.7 Å². The van der Waals surface area contributed by atoms with Gasteiger partial charge in [-0.2, -0.15) is 4.31 Å². The van der Waals surface area contributed by atoms with Crippen LogP contribution in [-0.2, 0) is 26.1 Å². The van der Waals surface area contributed by atoms with Crippen LogP contribution in [0.15, 0.2) is 56.6 Å². The highest BCUT2D eigenvalue weighted by Gasteiger charge is 2.27. The lowest BCUT2D eigenvalue weighted by molar-refractivity contribution is -0.116. The molecule has 1 saturated heterocycles. The molecular weight excluding hydrogens is 417 g/mol. The first-order chi connectivity index (χ1) is 14.3. The summed E-state index contributed by atoms with van der Waals surface area (Å²) >= 11 is 0. The monoisotopic (exact) mass is 435 g/mol. The smallest absolute Gasteiger partial charge is 0.408 e. The van der Waals surface area contributed by atoms with E-state index in [-0.39, 0.29) is 35.6 Å². The Balaban J connectivity index is 1.58. The van der Waals surface area contributed by atoms with Crippen molar-refractivity contribution in [2.45, 2.75) is 11.4 Å². The standard InChI is InChI=1S/C19H18FN3O6S/c20-13-1-3-14(4-2-13)21-18(24)12-23-16-6-5-15(11-17(16)29-19(23)25)30(26,27)22-7-9-28-10-8-22/h1-6,11H,7-10,12H2,(H,21,24). The van der Waals surface area contributed by atoms with Gasteiger partial charge in [-0.05, 0) is 36.4 Å². The van der Waals surface area contributed by atoms with E-state index in [2.05, 4.69) is 5.32 Å². The molecule has 3 aromatic rings. The lowest BCUT2D eigenvalue weighted by Gasteiger charge is -2.25. The fourth-order valence-electron chi connectivity index (χ4n) is 3.17. The summed E-state index contributed by atoms with van der Waals surface area (Å²) in [5, 5.41) is 2.56. The number of hydrogen-bond acceptors (Lipinski definition) is 6. The summed E-state index contributed by atoms with van der Waals surface area (Å²) in [6.07, 6.45) is 0. The second-order valence-corrected chi connectivity index (χ2v) is 8.59. The van der Waals surface area contributed by atoms with Crippen molar-refractivity contribution in [3.05, 3.63) is 58.8 Å². The number of amides is 1. The van der Waals surface area contributed by atoms with E-state index in [1.807, 2.05) is 0 Å². The average Bonchev–Trinajstić information content (AvgIpc) is 3.04. The molecule has 0 saturated carbocycles. The van der Waals surface area contributed by atoms with Gasteiger partial charge in [0, 0.05) is 24.8 Å². The molecule has 0 spiro atoms. The maximum atomic E-state index is 13.0. The first-order valence-electron chi connectivity index (χ1n) is 9.11. The Kier molecular flexibility index (Phi) is 5.41. The number of morpholine rings is 1. The number of fused-ring (bicyclic) bond motifs is 1. The van der Waals surface area contributed by atoms with Crippen LogP contribution in [0.5, 0.6) is 0 Å². The third-order valence-corrected chi connectivity index (χ3v) is 6.57. The number of ether oxygens (including phenoxy) is 1. The predicted molar refractivity (Wildman–Crippen MR) is 105 cm³/mol. The third kappa shape index (κ3) is 3.99. The van der Waals surface area contributed by atoms with Gasteiger partial charge >= 0.3 is 5.76 Å². The van der Waals surface area contributed by atoms with Gasteiger partial charge in [-0.15, -0.1) is 0 Å². The molecule has 0 aliphatic carbocycles. The molecule has 1 N–H and O–H groups in total. The molecule has 30 heavy (non-hydrogen) atoms. The van der Waals surface area contributed by atoms with Crippen LogP contribution in [0.4, 0.5) is 10.1 Å². The van der Waals surface area contributed by atoms with Crippen molar-refractivity contribution in [3.63, 3.8) is 0 Å². The van der Waals surface area contributed by atoms with Crippen molar-refractivity contribution in [1.29, 1.82) is 0 Å². The first kappa shape index (κ1) is 20.3. The molecule has 1 aliphatic heterocycles. The van der Waals surface area contributed by atoms with E-state index in [0.717, 1.165) is 4.57 Å². The van der Waals surface area contributed by atoms with Gasteiger partial charge in [-0.25, -0.2) is 17.6 Å². The minimum absolute atomic E-state index is 0.00596. The van der Waals surface area contributed by atoms with Crippen LogP contribution in [-0.4, -0.2) is 49.5 Å². The van der Waals surface area contributed by atoms with E-state index in [1.165, 1.54) is 46.8 Å². The Bertz CT molecular complexity index is 1240. The lowest BCUT2D eigenvalue weighted by atomic mass is 10.3. The van der Waals surface area contributed by atoms with Gasteiger partial charge in [0.1, 0.15) is 12.4 Å². The van der Waals surface area contributed by atoms with E-state index < -0.39 is 27.5 Å². The van der Waals surface area contributed by atoms with Crippen LogP contribution in [0.1, 0.15) is 0 Å². The number of aromatic nitrogens is 1. The van der Waals surface area contributed by atoms with Crippen molar-refractivity contribution in [1.82, 2.24) is 8.87 Å². The molecular formula is C19H18FN3O6S. The number of oxazole rings is 1. The minimum Gasteiger partial charge on any atom is -0.408 e. The number of benzene rings is 2. The van der Waals surface area contributed by atoms with Crippen LogP contribution < -0.4 is 11.1 Å². The van der Waals surface area contributed by atoms with E-state index in [9.17, 15) is 22.4 Å². The number of nitrogens with one attached hydrogen (secondary N) is 1. The van der Waals surface area contributed by atoms with Crippen LogP contribution in [0.2, 0.25) is 0 Å². The minimum atomic E-state index is -3.75. The Morgan fingerprint density at radius 1 is 1.10 bits per heavy atom. The maximum absolute atomic E-state index is 13.0. The molecule has 0 unspecified atom stereocenters. The first-order valence-corrected chi connectivity index (χ1v) is 10.6. The fraction of sp³-hybridized carbons (Fsp3) is 0.263. The largest absolute Gasteiger partial charge is 0.420 e. The molecule has 1 fully saturated rings. The summed E-state index contributed by atoms with van der Waals surface area (Å²) in [5.41, 5.74) is 0.722. The van der Waals surface area contributed by atoms with E-state index >= 15 is 0 Å². The molecule has 9 nitrogen and oxygen atoms in total. The maximum Gasteiger partial charge on any atom is 0.420 e. The number of carbonyl (C=O) groups excluding carboxylic acids is 1. The molecule has 1 aliphatic rings. The van der Waals surface area contributed by atoms with Gasteiger partial charge in [0.05, 0.1) is 23.6 Å². The van der Waals surface area contributed by atoms with Gasteiger partial charge in [0.2, 0.25) is 15.9 Å². The van der Waals surface area contributed by atoms with Crippen LogP contribution in [0, 0.1) is 5.82 Å². The molecule has 1 amide bonds. The quantitative estimate of drug-likeness (QED) is 0.649. The molecule has 4 rings (SSSR count). The number of halogens is 1. The molecule has 11 heteroatoms. The predicted octanol–water partition coefficient (Wildman–Crippen LogP) is 1.39. The zero-order chi connectivity index (χ0) is 21.3. The Hall–Kier alpha value is -3.02. The van der Waals surface area contributed by atoms with Crippen molar-refractivity contribution in [2.75, 3.05) is 31.6 Å². The van der Waals surface area contributed by atoms with Gasteiger partial charge in [0.25, 0.3) is 0 Å². The molecule has 2 aromatic carbocycles. The van der Waals surface area contributed by atoms with Gasteiger partial charge in [-0.1, -0.05) is 0 Å². The summed E-state index contributed by atoms with van der Waals surface area (Å²) in [5.74, 6) is -1.75. The van der Waals surface area contributed by atoms with Gasteiger partial charge in [-0.3, -0.25) is 9.36 Å². The Morgan fingerprint density at radius 2 is 1.80 bits per heavy atom. The fourth-order valence-corrected chi connectivity index (χ4v) is 4.59. The summed E-state index contributed by atoms with van der Waals surface area (Å²) in [6, 6.07) is 9.26. The third-order valence-electron chi connectivity index (χ3n) is 4.68. The highest BCUT2D eigenvalue weighted by molar-refractivity contribution is 7.89. The topological polar surface area (TPSA) is 111 Å². The second kappa shape index (κ2) is 8.01. The van der Waals surface area contributed by atoms with E-state index in [4.69, 9.17) is 9.15 Å². The SMILES string of the molecule is O=C(Cn1c(=O)oc2cc(S(=O)(=O)N3CCOCC3)ccc21)Nc1ccc(F)cc1. The van der Waals surface area contributed by atoms with Crippen molar-refractivity contribution in [2.24, 2.45) is 0 Å². The van der Waals surface area contributed by atoms with Crippen LogP contribution in [0.3, 0.4) is 0 Å². The Labute approximate surface area is 170 Å². The van der Waals surface area contributed by atoms with E-state index in [1.54, 1.807) is 0 Å². The number of carbonyl (C=O) groups is 1. The zero-order valence-corrected chi connectivity index (χ0v) is 16.5. The molecule has 2 heterocycles. The summed E-state index contributed by atoms with van der Waals surface area (Å²) < 4.78 is 51.3. The summed E-state index contributed by atoms with van der Waals surface area (Å²) in [7, 11) is -3.75. The van der Waals surface area contributed by atoms with Gasteiger partial charge < -0.3 is 14.5 Å². The Morgan fingerprint density at radius 3 is 2.50 bits per heavy atom. The van der Waals surface area contributed by atoms with Crippen LogP contribution in [0.25, 0.3) is 11.1 Å². The average molecular weight is 435 g/mol. The van der Waals surface area contributed by atoms with Gasteiger partial charge in [0.15, 0.2) is 5.58 Å². The zero-order valence-electron chi connectivity index (χ0n) is 15.7. The molecule has 1 aromatic heterocycles. The molecule has 0 bridgehead atoms. The number of nitrogens with zero attached hydrogens (tertiary/aromatic N) is 2. The number of anilines is 1. The molecule has 158 valence electrons. The number of rotatable bonds is 5. The van der Waals surface area contributed by atoms with Crippen LogP contribution >= 0.6 is 0 Å². The highest BCUT2D eigenvalue weighted by atomic mass is 32.2. The highest BCUT2D eigenvalue weighted by Crippen LogP contribution is 2.22. The van der Waals surface area contributed by atoms with E-state index in [0.29, 0.717) is 18.9 Å². The molecule has 0 atom stereocenters. The number of hydrogen-bond donors (Lipinski definition) is 1. The summed E-state index contributed by atoms with van der Waals surface area (Å²) in [6.45, 7) is 0.773. The lowest BCUT2D eigenvalue weighted by Crippen LogP contribution is -2.40.